The molecule has 5 rings (SSSR count). The summed E-state index contributed by atoms with van der Waals surface area (Å²) in [5.41, 5.74) is 0.946. The smallest absolute Gasteiger partial charge is 0.333 e. The molecule has 1 aliphatic rings. The largest absolute Gasteiger partial charge is 0.481 e. The van der Waals surface area contributed by atoms with E-state index >= 15 is 0 Å². The first-order chi connectivity index (χ1) is 29.3. The van der Waals surface area contributed by atoms with Crippen LogP contribution in [0.4, 0.5) is 21.0 Å². The summed E-state index contributed by atoms with van der Waals surface area (Å²) in [5, 5.41) is 20.5. The van der Waals surface area contributed by atoms with Crippen LogP contribution in [0.1, 0.15) is 82.7 Å². The average Bonchev–Trinajstić information content (AvgIpc) is 3.40. The van der Waals surface area contributed by atoms with Gasteiger partial charge in [0.15, 0.2) is 6.04 Å². The number of aryl methyl sites for hydroxylation is 1. The van der Waals surface area contributed by atoms with E-state index in [4.69, 9.17) is 4.74 Å². The highest BCUT2D eigenvalue weighted by atomic mass is 16.6. The van der Waals surface area contributed by atoms with Crippen LogP contribution >= 0.6 is 0 Å². The summed E-state index contributed by atoms with van der Waals surface area (Å²) in [5.74, 6) is -5.13. The number of carbonyl (C=O) groups excluding carboxylic acids is 6. The fourth-order valence-corrected chi connectivity index (χ4v) is 7.13. The number of imide groups is 1. The number of nitrogens with one attached hydrogen (secondary N) is 4. The first-order valence-corrected chi connectivity index (χ1v) is 20.3. The van der Waals surface area contributed by atoms with E-state index in [1.807, 2.05) is 25.1 Å². The predicted molar refractivity (Wildman–Crippen MR) is 232 cm³/mol. The molecule has 2 unspecified atom stereocenters. The van der Waals surface area contributed by atoms with E-state index in [2.05, 4.69) is 21.3 Å². The van der Waals surface area contributed by atoms with E-state index in [0.717, 1.165) is 10.5 Å². The third kappa shape index (κ3) is 11.2. The van der Waals surface area contributed by atoms with Crippen molar-refractivity contribution in [3.8, 4) is 0 Å². The van der Waals surface area contributed by atoms with Crippen LogP contribution in [0.5, 0.6) is 0 Å². The van der Waals surface area contributed by atoms with Gasteiger partial charge in [-0.15, -0.1) is 0 Å². The van der Waals surface area contributed by atoms with E-state index in [9.17, 15) is 38.7 Å². The van der Waals surface area contributed by atoms with Gasteiger partial charge in [0.2, 0.25) is 11.8 Å². The molecule has 4 aromatic rings. The maximum Gasteiger partial charge on any atom is 0.333 e. The van der Waals surface area contributed by atoms with Gasteiger partial charge in [0.1, 0.15) is 23.2 Å². The van der Waals surface area contributed by atoms with Gasteiger partial charge in [-0.3, -0.25) is 19.2 Å². The van der Waals surface area contributed by atoms with Crippen LogP contribution < -0.4 is 21.3 Å². The highest BCUT2D eigenvalue weighted by molar-refractivity contribution is 6.10. The molecular formula is C47H54N6O9. The number of aliphatic carboxylic acids is 1. The number of hydrogen-bond acceptors (Lipinski definition) is 8. The van der Waals surface area contributed by atoms with Crippen LogP contribution in [0.2, 0.25) is 0 Å². The molecule has 5 N–H and O–H groups in total. The number of esters is 1. The molecule has 4 aromatic carbocycles. The summed E-state index contributed by atoms with van der Waals surface area (Å²) in [6, 6.07) is 25.2. The van der Waals surface area contributed by atoms with Gasteiger partial charge in [-0.25, -0.2) is 19.3 Å². The number of carboxylic acid groups (broad SMARTS) is 1. The molecule has 0 radical (unpaired) electrons. The first kappa shape index (κ1) is 46.0. The Labute approximate surface area is 361 Å². The molecular weight excluding hydrogens is 793 g/mol. The molecule has 0 saturated carbocycles. The fourth-order valence-electron chi connectivity index (χ4n) is 7.13. The number of anilines is 2. The Morgan fingerprint density at radius 1 is 0.774 bits per heavy atom. The van der Waals surface area contributed by atoms with Gasteiger partial charge in [-0.2, -0.15) is 0 Å². The number of carboxylic acids is 1. The summed E-state index contributed by atoms with van der Waals surface area (Å²) < 4.78 is 5.56. The molecule has 0 spiro atoms. The van der Waals surface area contributed by atoms with Crippen molar-refractivity contribution in [2.45, 2.75) is 97.1 Å². The summed E-state index contributed by atoms with van der Waals surface area (Å²) >= 11 is 0. The number of amides is 7. The molecule has 0 bridgehead atoms. The molecule has 7 amide bonds. The summed E-state index contributed by atoms with van der Waals surface area (Å²) in [6.07, 6.45) is -0.908. The van der Waals surface area contributed by atoms with E-state index in [-0.39, 0.29) is 18.9 Å². The number of urea groups is 2. The predicted octanol–water partition coefficient (Wildman–Crippen LogP) is 6.89. The fraction of sp³-hybridized carbons (Fsp3) is 0.340. The Balaban J connectivity index is 1.42. The number of ether oxygens (including phenoxy) is 1. The lowest BCUT2D eigenvalue weighted by atomic mass is 9.89. The van der Waals surface area contributed by atoms with Crippen molar-refractivity contribution in [3.05, 3.63) is 131 Å². The van der Waals surface area contributed by atoms with Gasteiger partial charge < -0.3 is 36.0 Å². The van der Waals surface area contributed by atoms with Gasteiger partial charge >= 0.3 is 24.0 Å². The second-order valence-corrected chi connectivity index (χ2v) is 16.8. The van der Waals surface area contributed by atoms with E-state index in [1.54, 1.807) is 133 Å². The van der Waals surface area contributed by atoms with Gasteiger partial charge in [-0.1, -0.05) is 105 Å². The van der Waals surface area contributed by atoms with Crippen LogP contribution in [0.15, 0.2) is 109 Å². The number of hydrogen-bond donors (Lipinski definition) is 5. The van der Waals surface area contributed by atoms with Gasteiger partial charge in [0, 0.05) is 17.9 Å². The number of para-hydroxylation sites is 1. The number of rotatable bonds is 16. The molecule has 1 saturated heterocycles. The van der Waals surface area contributed by atoms with E-state index in [0.29, 0.717) is 28.1 Å². The summed E-state index contributed by atoms with van der Waals surface area (Å²) in [7, 11) is 0. The van der Waals surface area contributed by atoms with Crippen molar-refractivity contribution in [3.63, 3.8) is 0 Å². The lowest BCUT2D eigenvalue weighted by molar-refractivity contribution is -0.159. The molecule has 0 aromatic heterocycles. The first-order valence-electron chi connectivity index (χ1n) is 20.3. The van der Waals surface area contributed by atoms with Crippen molar-refractivity contribution >= 4 is 53.1 Å². The highest BCUT2D eigenvalue weighted by Crippen LogP contribution is 2.40. The normalized spacial score (nSPS) is 16.6. The molecule has 15 heteroatoms. The third-order valence-electron chi connectivity index (χ3n) is 10.3. The Bertz CT molecular complexity index is 2280. The minimum Gasteiger partial charge on any atom is -0.481 e. The number of carbonyl (C=O) groups is 7. The monoisotopic (exact) mass is 846 g/mol. The van der Waals surface area contributed by atoms with Crippen molar-refractivity contribution in [2.75, 3.05) is 10.6 Å². The molecule has 1 aliphatic heterocycles. The van der Waals surface area contributed by atoms with Crippen molar-refractivity contribution in [1.29, 1.82) is 0 Å². The number of benzene rings is 4. The Hall–Kier alpha value is -7.03. The lowest BCUT2D eigenvalue weighted by Crippen LogP contribution is -2.57. The number of nitrogens with zero attached hydrogens (tertiary/aromatic N) is 2. The molecule has 0 aliphatic carbocycles. The summed E-state index contributed by atoms with van der Waals surface area (Å²) in [6.45, 7) is 12.0. The van der Waals surface area contributed by atoms with Gasteiger partial charge in [-0.05, 0) is 87.4 Å². The standard InChI is InChI=1S/C47H54N6O9/c1-29(2)26-37(41(57)49-36(27-38(54)55)40(56)51-39(32-17-10-8-11-18-32)42(58)62-46(4,5)6)53-43(59)47(7,33-19-12-9-13-20-33)52(45(53)61)28-31-22-24-34(25-23-31)48-44(60)50-35-21-15-14-16-30(35)3/h8-25,29,36-37,39H,26-28H2,1-7H3,(H,49,57)(H,51,56)(H,54,55)(H2,48,50,60)/t36-,37?,39-,47?/m0/s1. The molecule has 1 fully saturated rings. The molecule has 326 valence electrons. The zero-order chi connectivity index (χ0) is 45.4. The highest BCUT2D eigenvalue weighted by Gasteiger charge is 2.58. The SMILES string of the molecule is Cc1ccccc1NC(=O)Nc1ccc(CN2C(=O)N(C(CC(C)C)C(=O)N[C@@H](CC(=O)O)C(=O)N[C@H](C(=O)OC(C)(C)C)c3ccccc3)C(=O)C2(C)c2ccccc2)cc1. The molecule has 62 heavy (non-hydrogen) atoms. The Morgan fingerprint density at radius 3 is 1.95 bits per heavy atom. The molecule has 15 nitrogen and oxygen atoms in total. The Morgan fingerprint density at radius 2 is 1.37 bits per heavy atom. The van der Waals surface area contributed by atoms with Crippen molar-refractivity contribution in [2.24, 2.45) is 5.92 Å². The Kier molecular flexibility index (Phi) is 14.5. The van der Waals surface area contributed by atoms with E-state index in [1.165, 1.54) is 4.90 Å². The van der Waals surface area contributed by atoms with Crippen LogP contribution in [-0.4, -0.2) is 74.3 Å². The minimum atomic E-state index is -1.72. The van der Waals surface area contributed by atoms with Crippen molar-refractivity contribution < 1.29 is 43.4 Å². The second-order valence-electron chi connectivity index (χ2n) is 16.8. The van der Waals surface area contributed by atoms with Crippen LogP contribution in [0.25, 0.3) is 0 Å². The molecule has 1 heterocycles. The second kappa shape index (κ2) is 19.6. The van der Waals surface area contributed by atoms with Crippen molar-refractivity contribution in [1.82, 2.24) is 20.4 Å². The van der Waals surface area contributed by atoms with E-state index < -0.39 is 77.4 Å². The minimum absolute atomic E-state index is 0.0289. The van der Waals surface area contributed by atoms with Gasteiger partial charge in [0.05, 0.1) is 6.42 Å². The third-order valence-corrected chi connectivity index (χ3v) is 10.3. The van der Waals surface area contributed by atoms with Crippen LogP contribution in [0, 0.1) is 12.8 Å². The maximum atomic E-state index is 14.8. The van der Waals surface area contributed by atoms with Gasteiger partial charge in [0.25, 0.3) is 5.91 Å². The summed E-state index contributed by atoms with van der Waals surface area (Å²) in [4.78, 5) is 98.3. The maximum absolute atomic E-state index is 14.8. The average molecular weight is 847 g/mol. The zero-order valence-electron chi connectivity index (χ0n) is 35.9. The quantitative estimate of drug-likeness (QED) is 0.0588. The van der Waals surface area contributed by atoms with Crippen LogP contribution in [0.3, 0.4) is 0 Å². The van der Waals surface area contributed by atoms with Crippen LogP contribution in [-0.2, 0) is 40.8 Å². The zero-order valence-corrected chi connectivity index (χ0v) is 35.9. The topological polar surface area (TPSA) is 204 Å². The molecule has 4 atom stereocenters. The lowest BCUT2D eigenvalue weighted by Gasteiger charge is -2.32.